The van der Waals surface area contributed by atoms with E-state index >= 15 is 0 Å². The summed E-state index contributed by atoms with van der Waals surface area (Å²) in [4.78, 5) is 13.9. The molecule has 0 heterocycles. The Morgan fingerprint density at radius 1 is 1.33 bits per heavy atom. The predicted molar refractivity (Wildman–Crippen MR) is 76.7 cm³/mol. The maximum atomic E-state index is 11.8. The minimum absolute atomic E-state index is 0.156. The van der Waals surface area contributed by atoms with Crippen LogP contribution in [0.15, 0.2) is 28.7 Å². The minimum Gasteiger partial charge on any atom is -0.465 e. The molecule has 1 aromatic rings. The zero-order valence-corrected chi connectivity index (χ0v) is 12.7. The molecule has 0 N–H and O–H groups in total. The molecule has 4 heteroatoms. The molecule has 0 saturated heterocycles. The molecule has 0 spiro atoms. The van der Waals surface area contributed by atoms with E-state index in [4.69, 9.17) is 4.74 Å². The second-order valence-electron chi connectivity index (χ2n) is 4.60. The van der Waals surface area contributed by atoms with Gasteiger partial charge in [0.15, 0.2) is 0 Å². The number of benzene rings is 1. The number of esters is 1. The summed E-state index contributed by atoms with van der Waals surface area (Å²) < 4.78 is 6.27. The first kappa shape index (κ1) is 15.2. The number of hydrogen-bond donors (Lipinski definition) is 0. The van der Waals surface area contributed by atoms with Crippen molar-refractivity contribution in [1.29, 1.82) is 0 Å². The highest BCUT2D eigenvalue weighted by atomic mass is 79.9. The van der Waals surface area contributed by atoms with E-state index < -0.39 is 0 Å². The lowest BCUT2D eigenvalue weighted by Crippen LogP contribution is -2.18. The molecule has 0 aliphatic rings. The molecule has 0 aliphatic heterocycles. The molecule has 0 fully saturated rings. The third-order valence-electron chi connectivity index (χ3n) is 2.72. The Bertz CT molecular complexity index is 376. The number of hydrogen-bond acceptors (Lipinski definition) is 3. The Kier molecular flexibility index (Phi) is 6.36. The van der Waals surface area contributed by atoms with E-state index in [0.29, 0.717) is 6.61 Å². The average molecular weight is 314 g/mol. The van der Waals surface area contributed by atoms with Crippen LogP contribution in [-0.4, -0.2) is 38.1 Å². The molecule has 0 aliphatic carbocycles. The standard InChI is InChI=1S/C14H20BrNO2/c1-11(12-5-7-13(15)8-6-12)14(17)18-10-4-9-16(2)3/h5-8,11H,4,9-10H2,1-3H3/t11-/m1/s1. The summed E-state index contributed by atoms with van der Waals surface area (Å²) in [6, 6.07) is 7.75. The fourth-order valence-electron chi connectivity index (χ4n) is 1.57. The van der Waals surface area contributed by atoms with Gasteiger partial charge >= 0.3 is 5.97 Å². The molecule has 18 heavy (non-hydrogen) atoms. The summed E-state index contributed by atoms with van der Waals surface area (Å²) in [5.74, 6) is -0.367. The van der Waals surface area contributed by atoms with Gasteiger partial charge in [0.1, 0.15) is 0 Å². The van der Waals surface area contributed by atoms with Gasteiger partial charge in [-0.15, -0.1) is 0 Å². The number of rotatable bonds is 6. The summed E-state index contributed by atoms with van der Waals surface area (Å²) in [6.45, 7) is 3.29. The highest BCUT2D eigenvalue weighted by Gasteiger charge is 2.16. The highest BCUT2D eigenvalue weighted by molar-refractivity contribution is 9.10. The lowest BCUT2D eigenvalue weighted by atomic mass is 10.0. The Morgan fingerprint density at radius 3 is 2.50 bits per heavy atom. The zero-order valence-electron chi connectivity index (χ0n) is 11.1. The maximum Gasteiger partial charge on any atom is 0.313 e. The molecule has 1 atom stereocenters. The summed E-state index contributed by atoms with van der Waals surface area (Å²) in [7, 11) is 4.01. The van der Waals surface area contributed by atoms with Crippen LogP contribution >= 0.6 is 15.9 Å². The summed E-state index contributed by atoms with van der Waals surface area (Å²) in [5, 5.41) is 0. The van der Waals surface area contributed by atoms with Crippen LogP contribution in [0.25, 0.3) is 0 Å². The van der Waals surface area contributed by atoms with Crippen molar-refractivity contribution in [2.24, 2.45) is 0 Å². The first-order valence-electron chi connectivity index (χ1n) is 6.07. The van der Waals surface area contributed by atoms with E-state index in [1.807, 2.05) is 45.3 Å². The first-order valence-corrected chi connectivity index (χ1v) is 6.87. The maximum absolute atomic E-state index is 11.8. The van der Waals surface area contributed by atoms with Gasteiger partial charge in [-0.05, 0) is 45.1 Å². The third-order valence-corrected chi connectivity index (χ3v) is 3.25. The summed E-state index contributed by atoms with van der Waals surface area (Å²) >= 11 is 3.38. The third kappa shape index (κ3) is 5.19. The first-order chi connectivity index (χ1) is 8.50. The van der Waals surface area contributed by atoms with Crippen molar-refractivity contribution < 1.29 is 9.53 Å². The molecule has 1 aromatic carbocycles. The molecule has 0 saturated carbocycles. The average Bonchev–Trinajstić information content (AvgIpc) is 2.34. The Labute approximate surface area is 117 Å². The van der Waals surface area contributed by atoms with Crippen molar-refractivity contribution >= 4 is 21.9 Å². The second-order valence-corrected chi connectivity index (χ2v) is 5.51. The number of nitrogens with zero attached hydrogens (tertiary/aromatic N) is 1. The van der Waals surface area contributed by atoms with E-state index in [2.05, 4.69) is 20.8 Å². The number of carbonyl (C=O) groups excluding carboxylic acids is 1. The molecule has 0 radical (unpaired) electrons. The quantitative estimate of drug-likeness (QED) is 0.597. The molecular weight excluding hydrogens is 294 g/mol. The van der Waals surface area contributed by atoms with Gasteiger partial charge in [-0.3, -0.25) is 4.79 Å². The van der Waals surface area contributed by atoms with Crippen molar-refractivity contribution in [3.8, 4) is 0 Å². The fraction of sp³-hybridized carbons (Fsp3) is 0.500. The smallest absolute Gasteiger partial charge is 0.313 e. The highest BCUT2D eigenvalue weighted by Crippen LogP contribution is 2.19. The van der Waals surface area contributed by atoms with Crippen molar-refractivity contribution in [3.63, 3.8) is 0 Å². The Balaban J connectivity index is 2.39. The SMILES string of the molecule is C[C@@H](C(=O)OCCCN(C)C)c1ccc(Br)cc1. The van der Waals surface area contributed by atoms with Gasteiger partial charge < -0.3 is 9.64 Å². The van der Waals surface area contributed by atoms with Gasteiger partial charge in [0.2, 0.25) is 0 Å². The van der Waals surface area contributed by atoms with Gasteiger partial charge in [-0.1, -0.05) is 28.1 Å². The van der Waals surface area contributed by atoms with Gasteiger partial charge in [-0.25, -0.2) is 0 Å². The molecular formula is C14H20BrNO2. The second kappa shape index (κ2) is 7.54. The monoisotopic (exact) mass is 313 g/mol. The molecule has 0 unspecified atom stereocenters. The van der Waals surface area contributed by atoms with Crippen LogP contribution in [0.2, 0.25) is 0 Å². The summed E-state index contributed by atoms with van der Waals surface area (Å²) in [6.07, 6.45) is 0.867. The minimum atomic E-state index is -0.211. The molecule has 3 nitrogen and oxygen atoms in total. The largest absolute Gasteiger partial charge is 0.465 e. The topological polar surface area (TPSA) is 29.5 Å². The van der Waals surface area contributed by atoms with Crippen LogP contribution in [0.1, 0.15) is 24.8 Å². The molecule has 1 rings (SSSR count). The van der Waals surface area contributed by atoms with Gasteiger partial charge in [-0.2, -0.15) is 0 Å². The number of ether oxygens (including phenoxy) is 1. The van der Waals surface area contributed by atoms with Crippen LogP contribution in [0.4, 0.5) is 0 Å². The summed E-state index contributed by atoms with van der Waals surface area (Å²) in [5.41, 5.74) is 0.982. The van der Waals surface area contributed by atoms with E-state index in [1.54, 1.807) is 0 Å². The Hall–Kier alpha value is -0.870. The van der Waals surface area contributed by atoms with Crippen molar-refractivity contribution in [1.82, 2.24) is 4.90 Å². The van der Waals surface area contributed by atoms with E-state index in [0.717, 1.165) is 23.0 Å². The van der Waals surface area contributed by atoms with Crippen LogP contribution in [0.5, 0.6) is 0 Å². The van der Waals surface area contributed by atoms with Crippen LogP contribution in [0.3, 0.4) is 0 Å². The van der Waals surface area contributed by atoms with Crippen LogP contribution in [-0.2, 0) is 9.53 Å². The molecule has 100 valence electrons. The van der Waals surface area contributed by atoms with Gasteiger partial charge in [0.05, 0.1) is 12.5 Å². The van der Waals surface area contributed by atoms with Gasteiger partial charge in [0.25, 0.3) is 0 Å². The lowest BCUT2D eigenvalue weighted by molar-refractivity contribution is -0.145. The normalized spacial score (nSPS) is 12.5. The molecule has 0 aromatic heterocycles. The molecule has 0 amide bonds. The van der Waals surface area contributed by atoms with Crippen LogP contribution < -0.4 is 0 Å². The van der Waals surface area contributed by atoms with Crippen molar-refractivity contribution in [2.45, 2.75) is 19.3 Å². The fourth-order valence-corrected chi connectivity index (χ4v) is 1.83. The Morgan fingerprint density at radius 2 is 1.94 bits per heavy atom. The molecule has 0 bridgehead atoms. The van der Waals surface area contributed by atoms with E-state index in [9.17, 15) is 4.79 Å². The van der Waals surface area contributed by atoms with Gasteiger partial charge in [0, 0.05) is 11.0 Å². The zero-order chi connectivity index (χ0) is 13.5. The number of halogens is 1. The van der Waals surface area contributed by atoms with Crippen molar-refractivity contribution in [2.75, 3.05) is 27.2 Å². The van der Waals surface area contributed by atoms with E-state index in [-0.39, 0.29) is 11.9 Å². The number of carbonyl (C=O) groups is 1. The predicted octanol–water partition coefficient (Wildman–Crippen LogP) is 3.05. The lowest BCUT2D eigenvalue weighted by Gasteiger charge is -2.13. The van der Waals surface area contributed by atoms with Crippen molar-refractivity contribution in [3.05, 3.63) is 34.3 Å². The van der Waals surface area contributed by atoms with Crippen LogP contribution in [0, 0.1) is 0 Å². The van der Waals surface area contributed by atoms with E-state index in [1.165, 1.54) is 0 Å².